The fraction of sp³-hybridized carbons (Fsp3) is 0.296. The molecule has 2 aromatic carbocycles. The fourth-order valence-electron chi connectivity index (χ4n) is 4.59. The van der Waals surface area contributed by atoms with Crippen molar-refractivity contribution in [3.8, 4) is 11.1 Å². The molecule has 1 atom stereocenters. The number of hydrogen-bond donors (Lipinski definition) is 1. The van der Waals surface area contributed by atoms with Gasteiger partial charge in [0.15, 0.2) is 0 Å². The van der Waals surface area contributed by atoms with Crippen molar-refractivity contribution in [3.63, 3.8) is 0 Å². The third-order valence-electron chi connectivity index (χ3n) is 6.22. The third kappa shape index (κ3) is 4.42. The molecule has 5 nitrogen and oxygen atoms in total. The van der Waals surface area contributed by atoms with Crippen LogP contribution in [0.2, 0.25) is 0 Å². The molecule has 0 aliphatic carbocycles. The molecule has 0 saturated carbocycles. The van der Waals surface area contributed by atoms with Gasteiger partial charge in [0, 0.05) is 25.8 Å². The molecule has 0 bridgehead atoms. The number of aryl methyl sites for hydroxylation is 1. The van der Waals surface area contributed by atoms with E-state index in [9.17, 15) is 9.59 Å². The van der Waals surface area contributed by atoms with Gasteiger partial charge in [-0.3, -0.25) is 14.6 Å². The highest BCUT2D eigenvalue weighted by Gasteiger charge is 2.46. The van der Waals surface area contributed by atoms with Crippen molar-refractivity contribution in [3.05, 3.63) is 89.7 Å². The zero-order valence-corrected chi connectivity index (χ0v) is 18.7. The van der Waals surface area contributed by atoms with Crippen LogP contribution in [0.4, 0.5) is 0 Å². The van der Waals surface area contributed by atoms with E-state index >= 15 is 0 Å². The molecular weight excluding hydrogens is 398 g/mol. The van der Waals surface area contributed by atoms with E-state index in [4.69, 9.17) is 0 Å². The van der Waals surface area contributed by atoms with Crippen LogP contribution in [-0.4, -0.2) is 41.3 Å². The van der Waals surface area contributed by atoms with Crippen molar-refractivity contribution in [2.75, 3.05) is 19.6 Å². The van der Waals surface area contributed by atoms with Crippen LogP contribution >= 0.6 is 0 Å². The Bertz CT molecular complexity index is 1110. The summed E-state index contributed by atoms with van der Waals surface area (Å²) >= 11 is 0. The topological polar surface area (TPSA) is 62.3 Å². The molecule has 0 radical (unpaired) electrons. The van der Waals surface area contributed by atoms with Crippen molar-refractivity contribution >= 4 is 11.8 Å². The summed E-state index contributed by atoms with van der Waals surface area (Å²) in [5.41, 5.74) is 4.35. The van der Waals surface area contributed by atoms with E-state index in [1.165, 1.54) is 5.56 Å². The third-order valence-corrected chi connectivity index (χ3v) is 6.22. The number of aromatic nitrogens is 1. The first-order valence-electron chi connectivity index (χ1n) is 11.2. The van der Waals surface area contributed by atoms with E-state index in [0.29, 0.717) is 38.2 Å². The largest absolute Gasteiger partial charge is 0.356 e. The second kappa shape index (κ2) is 9.35. The van der Waals surface area contributed by atoms with Crippen LogP contribution in [0.15, 0.2) is 72.9 Å². The fourth-order valence-corrected chi connectivity index (χ4v) is 4.59. The maximum absolute atomic E-state index is 13.3. The van der Waals surface area contributed by atoms with Gasteiger partial charge in [0.1, 0.15) is 5.69 Å². The van der Waals surface area contributed by atoms with Gasteiger partial charge in [-0.15, -0.1) is 0 Å². The molecule has 0 spiro atoms. The Balaban J connectivity index is 1.66. The van der Waals surface area contributed by atoms with Gasteiger partial charge < -0.3 is 10.2 Å². The van der Waals surface area contributed by atoms with Crippen molar-refractivity contribution in [2.45, 2.75) is 26.7 Å². The Hall–Kier alpha value is -3.47. The van der Waals surface area contributed by atoms with Gasteiger partial charge in [-0.2, -0.15) is 0 Å². The molecule has 1 fully saturated rings. The maximum Gasteiger partial charge on any atom is 0.272 e. The highest BCUT2D eigenvalue weighted by atomic mass is 16.2. The number of nitrogens with zero attached hydrogens (tertiary/aromatic N) is 2. The van der Waals surface area contributed by atoms with Gasteiger partial charge in [-0.1, -0.05) is 60.2 Å². The number of pyridine rings is 1. The number of likely N-dealkylation sites (tertiary alicyclic amines) is 1. The monoisotopic (exact) mass is 427 g/mol. The van der Waals surface area contributed by atoms with Crippen LogP contribution in [0.3, 0.4) is 0 Å². The van der Waals surface area contributed by atoms with Gasteiger partial charge in [0.2, 0.25) is 5.91 Å². The van der Waals surface area contributed by atoms with E-state index in [2.05, 4.69) is 53.6 Å². The number of nitrogens with one attached hydrogen (secondary N) is 1. The summed E-state index contributed by atoms with van der Waals surface area (Å²) < 4.78 is 0. The summed E-state index contributed by atoms with van der Waals surface area (Å²) in [6.07, 6.45) is 2.83. The minimum absolute atomic E-state index is 0.00960. The highest BCUT2D eigenvalue weighted by Crippen LogP contribution is 2.38. The minimum atomic E-state index is -0.666. The molecule has 5 heteroatoms. The lowest BCUT2D eigenvalue weighted by Crippen LogP contribution is -2.45. The Kier molecular flexibility index (Phi) is 6.35. The Morgan fingerprint density at radius 3 is 2.62 bits per heavy atom. The summed E-state index contributed by atoms with van der Waals surface area (Å²) in [6, 6.07) is 22.0. The zero-order chi connectivity index (χ0) is 22.6. The van der Waals surface area contributed by atoms with Crippen LogP contribution < -0.4 is 5.32 Å². The van der Waals surface area contributed by atoms with Crippen molar-refractivity contribution in [2.24, 2.45) is 5.41 Å². The second-order valence-corrected chi connectivity index (χ2v) is 8.53. The summed E-state index contributed by atoms with van der Waals surface area (Å²) in [6.45, 7) is 5.50. The lowest BCUT2D eigenvalue weighted by molar-refractivity contribution is -0.130. The molecular formula is C27H29N3O2. The smallest absolute Gasteiger partial charge is 0.272 e. The van der Waals surface area contributed by atoms with Crippen LogP contribution in [0.1, 0.15) is 35.0 Å². The van der Waals surface area contributed by atoms with Gasteiger partial charge in [-0.05, 0) is 55.5 Å². The first-order valence-corrected chi connectivity index (χ1v) is 11.2. The quantitative estimate of drug-likeness (QED) is 0.639. The molecule has 3 aromatic rings. The summed E-state index contributed by atoms with van der Waals surface area (Å²) in [7, 11) is 0. The Morgan fingerprint density at radius 1 is 1.06 bits per heavy atom. The molecule has 2 heterocycles. The molecule has 1 aliphatic rings. The Morgan fingerprint density at radius 2 is 1.88 bits per heavy atom. The summed E-state index contributed by atoms with van der Waals surface area (Å²) in [4.78, 5) is 32.3. The number of rotatable bonds is 6. The first kappa shape index (κ1) is 21.8. The number of benzene rings is 2. The predicted molar refractivity (Wildman–Crippen MR) is 126 cm³/mol. The van der Waals surface area contributed by atoms with Crippen molar-refractivity contribution < 1.29 is 9.59 Å². The van der Waals surface area contributed by atoms with Crippen LogP contribution in [0.25, 0.3) is 11.1 Å². The SMILES string of the molecule is CCNC(=O)[C@@]1(Cc2ccccc2-c2cccc(C)c2)CCN(C(=O)c2ccccn2)C1. The number of amides is 2. The average molecular weight is 428 g/mol. The van der Waals surface area contributed by atoms with Crippen molar-refractivity contribution in [1.82, 2.24) is 15.2 Å². The summed E-state index contributed by atoms with van der Waals surface area (Å²) in [5.74, 6) is -0.112. The van der Waals surface area contributed by atoms with Crippen molar-refractivity contribution in [1.29, 1.82) is 0 Å². The van der Waals surface area contributed by atoms with Crippen LogP contribution in [0.5, 0.6) is 0 Å². The lowest BCUT2D eigenvalue weighted by Gasteiger charge is -2.29. The van der Waals surface area contributed by atoms with Gasteiger partial charge >= 0.3 is 0 Å². The molecule has 1 N–H and O–H groups in total. The molecule has 4 rings (SSSR count). The molecule has 32 heavy (non-hydrogen) atoms. The number of carbonyl (C=O) groups is 2. The second-order valence-electron chi connectivity index (χ2n) is 8.53. The lowest BCUT2D eigenvalue weighted by atomic mass is 9.78. The predicted octanol–water partition coefficient (Wildman–Crippen LogP) is 4.27. The van der Waals surface area contributed by atoms with E-state index < -0.39 is 5.41 Å². The standard InChI is InChI=1S/C27H29N3O2/c1-3-28-26(32)27(14-16-30(19-27)25(31)24-13-6-7-15-29-24)18-22-10-4-5-12-23(22)21-11-8-9-20(2)17-21/h4-13,15,17H,3,14,16,18-19H2,1-2H3,(H,28,32)/t27-/m1/s1. The Labute approximate surface area is 189 Å². The highest BCUT2D eigenvalue weighted by molar-refractivity contribution is 5.94. The van der Waals surface area contributed by atoms with E-state index in [-0.39, 0.29) is 11.8 Å². The zero-order valence-electron chi connectivity index (χ0n) is 18.7. The normalized spacial score (nSPS) is 17.9. The maximum atomic E-state index is 13.3. The molecule has 164 valence electrons. The molecule has 1 saturated heterocycles. The van der Waals surface area contributed by atoms with E-state index in [1.807, 2.05) is 25.1 Å². The minimum Gasteiger partial charge on any atom is -0.356 e. The number of hydrogen-bond acceptors (Lipinski definition) is 3. The molecule has 1 aromatic heterocycles. The first-order chi connectivity index (χ1) is 15.5. The molecule has 0 unspecified atom stereocenters. The van der Waals surface area contributed by atoms with Crippen LogP contribution in [-0.2, 0) is 11.2 Å². The van der Waals surface area contributed by atoms with Gasteiger partial charge in [0.25, 0.3) is 5.91 Å². The van der Waals surface area contributed by atoms with Gasteiger partial charge in [0.05, 0.1) is 5.41 Å². The van der Waals surface area contributed by atoms with E-state index in [0.717, 1.165) is 16.7 Å². The summed E-state index contributed by atoms with van der Waals surface area (Å²) in [5, 5.41) is 3.02. The van der Waals surface area contributed by atoms with E-state index in [1.54, 1.807) is 23.2 Å². The van der Waals surface area contributed by atoms with Gasteiger partial charge in [-0.25, -0.2) is 0 Å². The number of carbonyl (C=O) groups excluding carboxylic acids is 2. The molecule has 1 aliphatic heterocycles. The average Bonchev–Trinajstić information content (AvgIpc) is 3.25. The van der Waals surface area contributed by atoms with Crippen LogP contribution in [0, 0.1) is 12.3 Å². The molecule has 2 amide bonds.